The number of nitrogens with zero attached hydrogens (tertiary/aromatic N) is 1. The maximum Gasteiger partial charge on any atom is 0.271 e. The van der Waals surface area contributed by atoms with E-state index in [4.69, 9.17) is 0 Å². The van der Waals surface area contributed by atoms with Crippen molar-refractivity contribution in [2.75, 3.05) is 14.1 Å². The van der Waals surface area contributed by atoms with Crippen molar-refractivity contribution in [3.05, 3.63) is 23.5 Å². The van der Waals surface area contributed by atoms with Crippen molar-refractivity contribution in [1.29, 1.82) is 0 Å². The van der Waals surface area contributed by atoms with Gasteiger partial charge in [0.1, 0.15) is 0 Å². The molecule has 0 saturated heterocycles. The Labute approximate surface area is 123 Å². The summed E-state index contributed by atoms with van der Waals surface area (Å²) in [7, 11) is 3.83. The number of allylic oxidation sites excluding steroid dienone is 2. The summed E-state index contributed by atoms with van der Waals surface area (Å²) in [5.41, 5.74) is 2.59. The Morgan fingerprint density at radius 1 is 1.35 bits per heavy atom. The third-order valence-corrected chi connectivity index (χ3v) is 4.71. The molecule has 0 unspecified atom stereocenters. The van der Waals surface area contributed by atoms with Gasteiger partial charge in [-0.1, -0.05) is 26.3 Å². The summed E-state index contributed by atoms with van der Waals surface area (Å²) >= 11 is 0. The lowest BCUT2D eigenvalue weighted by molar-refractivity contribution is -0.117. The van der Waals surface area contributed by atoms with Gasteiger partial charge in [0.25, 0.3) is 5.91 Å². The normalized spacial score (nSPS) is 22.2. The van der Waals surface area contributed by atoms with Gasteiger partial charge in [-0.25, -0.2) is 0 Å². The van der Waals surface area contributed by atoms with Gasteiger partial charge in [-0.15, -0.1) is 0 Å². The van der Waals surface area contributed by atoms with Gasteiger partial charge in [0.05, 0.1) is 5.70 Å². The van der Waals surface area contributed by atoms with Crippen LogP contribution in [0.1, 0.15) is 52.4 Å². The summed E-state index contributed by atoms with van der Waals surface area (Å²) in [5, 5.41) is 3.03. The van der Waals surface area contributed by atoms with Crippen LogP contribution in [-0.4, -0.2) is 24.9 Å². The zero-order chi connectivity index (χ0) is 14.8. The van der Waals surface area contributed by atoms with Crippen molar-refractivity contribution < 1.29 is 4.79 Å². The first-order valence-corrected chi connectivity index (χ1v) is 7.87. The zero-order valence-electron chi connectivity index (χ0n) is 13.3. The molecule has 0 aromatic rings. The van der Waals surface area contributed by atoms with Gasteiger partial charge >= 0.3 is 0 Å². The fraction of sp³-hybridized carbons (Fsp3) is 0.706. The van der Waals surface area contributed by atoms with E-state index in [1.54, 1.807) is 0 Å². The van der Waals surface area contributed by atoms with Gasteiger partial charge in [-0.2, -0.15) is 0 Å². The van der Waals surface area contributed by atoms with Crippen molar-refractivity contribution in [3.8, 4) is 0 Å². The molecule has 1 amide bonds. The van der Waals surface area contributed by atoms with Crippen molar-refractivity contribution in [3.63, 3.8) is 0 Å². The molecule has 3 heteroatoms. The van der Waals surface area contributed by atoms with E-state index in [0.29, 0.717) is 11.3 Å². The number of nitrogens with one attached hydrogen (secondary N) is 1. The smallest absolute Gasteiger partial charge is 0.271 e. The molecule has 112 valence electrons. The molecule has 1 N–H and O–H groups in total. The van der Waals surface area contributed by atoms with Gasteiger partial charge in [-0.3, -0.25) is 4.79 Å². The first-order chi connectivity index (χ1) is 9.48. The van der Waals surface area contributed by atoms with E-state index in [-0.39, 0.29) is 5.91 Å². The van der Waals surface area contributed by atoms with Crippen molar-refractivity contribution in [1.82, 2.24) is 10.2 Å². The van der Waals surface area contributed by atoms with E-state index in [9.17, 15) is 4.79 Å². The summed E-state index contributed by atoms with van der Waals surface area (Å²) in [5.74, 6) is 0.721. The molecule has 2 fully saturated rings. The number of amides is 1. The number of rotatable bonds is 6. The number of carbonyl (C=O) groups is 1. The molecule has 2 rings (SSSR count). The first-order valence-electron chi connectivity index (χ1n) is 7.87. The van der Waals surface area contributed by atoms with Crippen LogP contribution in [0, 0.1) is 11.3 Å². The molecule has 0 aliphatic heterocycles. The Balaban J connectivity index is 2.05. The molecule has 0 aromatic heterocycles. The van der Waals surface area contributed by atoms with Gasteiger partial charge < -0.3 is 10.2 Å². The molecule has 20 heavy (non-hydrogen) atoms. The fourth-order valence-corrected chi connectivity index (χ4v) is 2.87. The summed E-state index contributed by atoms with van der Waals surface area (Å²) < 4.78 is 0. The first kappa shape index (κ1) is 15.1. The van der Waals surface area contributed by atoms with Crippen LogP contribution in [0.4, 0.5) is 0 Å². The van der Waals surface area contributed by atoms with Crippen LogP contribution >= 0.6 is 0 Å². The molecule has 0 aromatic carbocycles. The van der Waals surface area contributed by atoms with Crippen LogP contribution in [0.15, 0.2) is 23.5 Å². The third kappa shape index (κ3) is 3.25. The zero-order valence-corrected chi connectivity index (χ0v) is 13.3. The van der Waals surface area contributed by atoms with Crippen LogP contribution in [-0.2, 0) is 4.79 Å². The molecule has 2 saturated carbocycles. The Kier molecular flexibility index (Phi) is 4.56. The number of carbonyl (C=O) groups excluding carboxylic acids is 1. The van der Waals surface area contributed by atoms with Crippen molar-refractivity contribution in [2.45, 2.75) is 52.4 Å². The largest absolute Gasteiger partial charge is 0.373 e. The average Bonchev–Trinajstić information content (AvgIpc) is 3.07. The molecule has 3 nitrogen and oxygen atoms in total. The average molecular weight is 276 g/mol. The van der Waals surface area contributed by atoms with Crippen molar-refractivity contribution in [2.24, 2.45) is 11.3 Å². The number of likely N-dealkylation sites (N-methyl/N-ethyl adjacent to an activating group) is 1. The minimum Gasteiger partial charge on any atom is -0.373 e. The summed E-state index contributed by atoms with van der Waals surface area (Å²) in [6.45, 7) is 4.38. The summed E-state index contributed by atoms with van der Waals surface area (Å²) in [6.07, 6.45) is 11.3. The van der Waals surface area contributed by atoms with E-state index in [2.05, 4.69) is 19.2 Å². The molecule has 0 heterocycles. The molecule has 0 spiro atoms. The third-order valence-electron chi connectivity index (χ3n) is 4.71. The van der Waals surface area contributed by atoms with Gasteiger partial charge in [-0.05, 0) is 49.0 Å². The highest BCUT2D eigenvalue weighted by Gasteiger charge is 2.44. The number of hydrogen-bond acceptors (Lipinski definition) is 2. The molecular weight excluding hydrogens is 248 g/mol. The van der Waals surface area contributed by atoms with E-state index < -0.39 is 0 Å². The van der Waals surface area contributed by atoms with Crippen LogP contribution in [0.2, 0.25) is 0 Å². The monoisotopic (exact) mass is 276 g/mol. The van der Waals surface area contributed by atoms with Crippen LogP contribution in [0.5, 0.6) is 0 Å². The van der Waals surface area contributed by atoms with Crippen molar-refractivity contribution >= 4 is 5.91 Å². The maximum absolute atomic E-state index is 12.3. The lowest BCUT2D eigenvalue weighted by atomic mass is 9.74. The highest BCUT2D eigenvalue weighted by Crippen LogP contribution is 2.56. The Morgan fingerprint density at radius 3 is 2.40 bits per heavy atom. The molecule has 2 aliphatic rings. The number of hydrogen-bond donors (Lipinski definition) is 1. The highest BCUT2D eigenvalue weighted by molar-refractivity contribution is 5.93. The second-order valence-corrected chi connectivity index (χ2v) is 6.65. The van der Waals surface area contributed by atoms with E-state index in [1.807, 2.05) is 31.3 Å². The van der Waals surface area contributed by atoms with E-state index >= 15 is 0 Å². The van der Waals surface area contributed by atoms with Gasteiger partial charge in [0.2, 0.25) is 0 Å². The molecule has 0 bridgehead atoms. The van der Waals surface area contributed by atoms with Crippen LogP contribution in [0.3, 0.4) is 0 Å². The van der Waals surface area contributed by atoms with Crippen LogP contribution < -0.4 is 5.32 Å². The van der Waals surface area contributed by atoms with Crippen LogP contribution in [0.25, 0.3) is 0 Å². The maximum atomic E-state index is 12.3. The Hall–Kier alpha value is -1.25. The topological polar surface area (TPSA) is 32.3 Å². The standard InChI is InChI=1S/C17H28N2O/c1-5-7-15(19(3)4)16(20)18-12-14(13-8-6-9-13)17(2)10-11-17/h7,12-13H,5-6,8-11H2,1-4H3,(H,18,20)/b14-12-,15-7-. The van der Waals surface area contributed by atoms with Gasteiger partial charge in [0, 0.05) is 20.3 Å². The predicted octanol–water partition coefficient (Wildman–Crippen LogP) is 3.44. The van der Waals surface area contributed by atoms with E-state index in [1.165, 1.54) is 37.7 Å². The molecule has 0 radical (unpaired) electrons. The molecule has 0 atom stereocenters. The second kappa shape index (κ2) is 6.02. The summed E-state index contributed by atoms with van der Waals surface area (Å²) in [4.78, 5) is 14.2. The van der Waals surface area contributed by atoms with E-state index in [0.717, 1.165) is 12.1 Å². The summed E-state index contributed by atoms with van der Waals surface area (Å²) in [6, 6.07) is 0. The molecule has 2 aliphatic carbocycles. The SMILES string of the molecule is CC/C=C(/C(=O)N/C=C(/C1CCC1)C1(C)CC1)N(C)C. The highest BCUT2D eigenvalue weighted by atomic mass is 16.2. The predicted molar refractivity (Wildman–Crippen MR) is 83.0 cm³/mol. The van der Waals surface area contributed by atoms with Gasteiger partial charge in [0.15, 0.2) is 0 Å². The fourth-order valence-electron chi connectivity index (χ4n) is 2.87. The lowest BCUT2D eigenvalue weighted by Crippen LogP contribution is -2.30. The second-order valence-electron chi connectivity index (χ2n) is 6.65. The minimum absolute atomic E-state index is 0.0120. The quantitative estimate of drug-likeness (QED) is 0.754. The Morgan fingerprint density at radius 2 is 2.00 bits per heavy atom. The minimum atomic E-state index is 0.0120. The lowest BCUT2D eigenvalue weighted by Gasteiger charge is -2.32. The Bertz CT molecular complexity index is 426. The molecular formula is C17H28N2O.